The summed E-state index contributed by atoms with van der Waals surface area (Å²) in [5.74, 6) is 1.25. The second kappa shape index (κ2) is 12.6. The number of rotatable bonds is 10. The van der Waals surface area contributed by atoms with E-state index in [9.17, 15) is 26.3 Å². The van der Waals surface area contributed by atoms with Gasteiger partial charge in [-0.25, -0.2) is 0 Å². The Labute approximate surface area is 204 Å². The van der Waals surface area contributed by atoms with Crippen LogP contribution in [0.1, 0.15) is 38.5 Å². The van der Waals surface area contributed by atoms with E-state index in [-0.39, 0.29) is 13.0 Å². The Balaban J connectivity index is 0.000000205. The smallest absolute Gasteiger partial charge is 0.392 e. The Morgan fingerprint density at radius 2 is 1.00 bits per heavy atom. The van der Waals surface area contributed by atoms with Crippen LogP contribution in [0.5, 0.6) is 11.5 Å². The summed E-state index contributed by atoms with van der Waals surface area (Å²) in [5, 5.41) is 4.14. The molecule has 0 atom stereocenters. The number of H-pyrrole nitrogens is 2. The highest BCUT2D eigenvalue weighted by Gasteiger charge is 2.27. The van der Waals surface area contributed by atoms with Gasteiger partial charge in [0.05, 0.1) is 19.6 Å². The number of hydrogen-bond acceptors (Lipinski definition) is 2. The van der Waals surface area contributed by atoms with Crippen molar-refractivity contribution in [1.29, 1.82) is 0 Å². The molecule has 0 saturated carbocycles. The number of aromatic nitrogens is 2. The molecule has 0 unspecified atom stereocenters. The van der Waals surface area contributed by atoms with Crippen molar-refractivity contribution in [2.75, 3.05) is 13.2 Å². The molecule has 2 aromatic carbocycles. The van der Waals surface area contributed by atoms with Crippen molar-refractivity contribution in [2.45, 2.75) is 50.9 Å². The summed E-state index contributed by atoms with van der Waals surface area (Å²) in [5.41, 5.74) is 0. The normalized spacial score (nSPS) is 11.9. The van der Waals surface area contributed by atoms with E-state index in [0.29, 0.717) is 18.8 Å². The van der Waals surface area contributed by atoms with Crippen LogP contribution < -0.4 is 9.47 Å². The lowest BCUT2D eigenvalue weighted by Crippen LogP contribution is -2.12. The van der Waals surface area contributed by atoms with Crippen molar-refractivity contribution in [3.05, 3.63) is 61.2 Å². The van der Waals surface area contributed by atoms with Gasteiger partial charge in [0.15, 0.2) is 0 Å². The summed E-state index contributed by atoms with van der Waals surface area (Å²) in [7, 11) is 0. The molecule has 196 valence electrons. The van der Waals surface area contributed by atoms with Gasteiger partial charge in [0.2, 0.25) is 0 Å². The number of nitrogens with one attached hydrogen (secondary N) is 2. The Morgan fingerprint density at radius 3 is 1.53 bits per heavy atom. The highest BCUT2D eigenvalue weighted by molar-refractivity contribution is 5.83. The van der Waals surface area contributed by atoms with Gasteiger partial charge in [-0.3, -0.25) is 0 Å². The average molecular weight is 515 g/mol. The SMILES string of the molecule is FC(F)(F)CCCCCCOc1ccc2c[nH]cc2c1.FC(F)(F)CCOc1ccc2c[nH]cc2c1. The molecule has 4 rings (SSSR count). The third-order valence-corrected chi connectivity index (χ3v) is 5.35. The van der Waals surface area contributed by atoms with Gasteiger partial charge in [-0.1, -0.05) is 12.8 Å². The maximum atomic E-state index is 11.9. The molecule has 2 N–H and O–H groups in total. The zero-order chi connectivity index (χ0) is 26.0. The molecule has 0 bridgehead atoms. The number of benzene rings is 2. The van der Waals surface area contributed by atoms with Gasteiger partial charge >= 0.3 is 12.4 Å². The van der Waals surface area contributed by atoms with E-state index in [1.165, 1.54) is 0 Å². The van der Waals surface area contributed by atoms with Gasteiger partial charge in [-0.15, -0.1) is 0 Å². The van der Waals surface area contributed by atoms with Gasteiger partial charge in [0.1, 0.15) is 11.5 Å². The molecular weight excluding hydrogens is 486 g/mol. The third-order valence-electron chi connectivity index (χ3n) is 5.35. The van der Waals surface area contributed by atoms with E-state index in [0.717, 1.165) is 40.1 Å². The van der Waals surface area contributed by atoms with Crippen molar-refractivity contribution in [2.24, 2.45) is 0 Å². The molecule has 0 aliphatic rings. The van der Waals surface area contributed by atoms with Crippen LogP contribution in [0.25, 0.3) is 21.5 Å². The predicted molar refractivity (Wildman–Crippen MR) is 127 cm³/mol. The van der Waals surface area contributed by atoms with Crippen LogP contribution in [0.3, 0.4) is 0 Å². The topological polar surface area (TPSA) is 50.0 Å². The fraction of sp³-hybridized carbons (Fsp3) is 0.385. The molecular formula is C26H28F6N2O2. The van der Waals surface area contributed by atoms with Gasteiger partial charge < -0.3 is 19.4 Å². The average Bonchev–Trinajstić information content (AvgIpc) is 3.46. The van der Waals surface area contributed by atoms with Crippen LogP contribution in [-0.2, 0) is 0 Å². The minimum atomic E-state index is -4.17. The molecule has 0 radical (unpaired) electrons. The fourth-order valence-corrected chi connectivity index (χ4v) is 3.50. The zero-order valence-electron chi connectivity index (χ0n) is 19.5. The summed E-state index contributed by atoms with van der Waals surface area (Å²) in [6.45, 7) is 0.196. The van der Waals surface area contributed by atoms with Crippen molar-refractivity contribution < 1.29 is 35.8 Å². The summed E-state index contributed by atoms with van der Waals surface area (Å²) >= 11 is 0. The van der Waals surface area contributed by atoms with Crippen LogP contribution in [0.2, 0.25) is 0 Å². The maximum Gasteiger partial charge on any atom is 0.392 e. The van der Waals surface area contributed by atoms with Crippen molar-refractivity contribution in [3.8, 4) is 11.5 Å². The third kappa shape index (κ3) is 9.75. The fourth-order valence-electron chi connectivity index (χ4n) is 3.50. The molecule has 0 aliphatic carbocycles. The Morgan fingerprint density at radius 1 is 0.528 bits per heavy atom. The first kappa shape index (κ1) is 27.3. The number of halogens is 6. The monoisotopic (exact) mass is 514 g/mol. The zero-order valence-corrected chi connectivity index (χ0v) is 19.5. The molecule has 4 aromatic rings. The number of alkyl halides is 6. The van der Waals surface area contributed by atoms with Crippen LogP contribution >= 0.6 is 0 Å². The predicted octanol–water partition coefficient (Wildman–Crippen LogP) is 8.56. The van der Waals surface area contributed by atoms with E-state index >= 15 is 0 Å². The van der Waals surface area contributed by atoms with Crippen molar-refractivity contribution in [3.63, 3.8) is 0 Å². The second-order valence-electron chi connectivity index (χ2n) is 8.33. The van der Waals surface area contributed by atoms with Crippen molar-refractivity contribution >= 4 is 21.5 Å². The molecule has 2 heterocycles. The molecule has 0 aliphatic heterocycles. The lowest BCUT2D eigenvalue weighted by atomic mass is 10.1. The summed E-state index contributed by atoms with van der Waals surface area (Å²) in [6.07, 6.45) is -0.0548. The lowest BCUT2D eigenvalue weighted by Gasteiger charge is -2.08. The van der Waals surface area contributed by atoms with Gasteiger partial charge in [-0.05, 0) is 60.0 Å². The molecule has 2 aromatic heterocycles. The lowest BCUT2D eigenvalue weighted by molar-refractivity contribution is -0.139. The minimum absolute atomic E-state index is 0.207. The largest absolute Gasteiger partial charge is 0.494 e. The molecule has 0 fully saturated rings. The van der Waals surface area contributed by atoms with Gasteiger partial charge in [-0.2, -0.15) is 26.3 Å². The minimum Gasteiger partial charge on any atom is -0.494 e. The Kier molecular flexibility index (Phi) is 9.55. The maximum absolute atomic E-state index is 11.9. The highest BCUT2D eigenvalue weighted by Crippen LogP contribution is 2.24. The first-order valence-electron chi connectivity index (χ1n) is 11.6. The van der Waals surface area contributed by atoms with E-state index < -0.39 is 25.2 Å². The first-order valence-corrected chi connectivity index (χ1v) is 11.6. The summed E-state index contributed by atoms with van der Waals surface area (Å²) in [6, 6.07) is 11.0. The second-order valence-corrected chi connectivity index (χ2v) is 8.33. The van der Waals surface area contributed by atoms with E-state index in [4.69, 9.17) is 9.47 Å². The summed E-state index contributed by atoms with van der Waals surface area (Å²) in [4.78, 5) is 5.93. The quantitative estimate of drug-likeness (QED) is 0.165. The number of aromatic amines is 2. The molecule has 10 heteroatoms. The summed E-state index contributed by atoms with van der Waals surface area (Å²) < 4.78 is 82.0. The Hall–Kier alpha value is -3.30. The first-order chi connectivity index (χ1) is 17.1. The van der Waals surface area contributed by atoms with Crippen molar-refractivity contribution in [1.82, 2.24) is 9.97 Å². The molecule has 4 nitrogen and oxygen atoms in total. The van der Waals surface area contributed by atoms with Gasteiger partial charge in [0.25, 0.3) is 0 Å². The van der Waals surface area contributed by atoms with Crippen LogP contribution in [-0.4, -0.2) is 35.5 Å². The number of fused-ring (bicyclic) bond motifs is 2. The van der Waals surface area contributed by atoms with Crippen LogP contribution in [0.15, 0.2) is 61.2 Å². The molecule has 36 heavy (non-hydrogen) atoms. The van der Waals surface area contributed by atoms with E-state index in [2.05, 4.69) is 9.97 Å². The van der Waals surface area contributed by atoms with E-state index in [1.807, 2.05) is 36.8 Å². The molecule has 0 saturated heterocycles. The number of hydrogen-bond donors (Lipinski definition) is 2. The standard InChI is InChI=1S/C15H18F3NO.C11H10F3NO/c16-15(17,18)7-3-1-2-4-8-20-14-6-5-12-10-19-11-13(12)9-14;12-11(13,14)3-4-16-10-2-1-8-6-15-7-9(8)5-10/h5-6,9-11,19H,1-4,7-8H2;1-2,5-7,15H,3-4H2. The number of unbranched alkanes of at least 4 members (excludes halogenated alkanes) is 3. The number of ether oxygens (including phenoxy) is 2. The molecule has 0 spiro atoms. The molecule has 0 amide bonds. The highest BCUT2D eigenvalue weighted by atomic mass is 19.4. The van der Waals surface area contributed by atoms with Gasteiger partial charge in [0, 0.05) is 42.0 Å². The Bertz CT molecular complexity index is 1200. The van der Waals surface area contributed by atoms with E-state index in [1.54, 1.807) is 24.4 Å². The van der Waals surface area contributed by atoms with Crippen LogP contribution in [0, 0.1) is 0 Å². The van der Waals surface area contributed by atoms with Crippen LogP contribution in [0.4, 0.5) is 26.3 Å².